The minimum Gasteiger partial charge on any atom is -0.354 e. The Bertz CT molecular complexity index is 96.0. The van der Waals surface area contributed by atoms with Crippen molar-refractivity contribution < 1.29 is 4.79 Å². The zero-order valence-corrected chi connectivity index (χ0v) is 5.20. The van der Waals surface area contributed by atoms with Gasteiger partial charge in [-0.05, 0) is 0 Å². The summed E-state index contributed by atoms with van der Waals surface area (Å²) in [4.78, 5) is 10.3. The number of amides is 1. The van der Waals surface area contributed by atoms with Gasteiger partial charge in [-0.2, -0.15) is 0 Å². The van der Waals surface area contributed by atoms with Crippen molar-refractivity contribution in [3.05, 3.63) is 0 Å². The number of nitrogens with one attached hydrogen (secondary N) is 1. The molecule has 0 radical (unpaired) electrons. The first-order chi connectivity index (χ1) is 3.29. The lowest BCUT2D eigenvalue weighted by Gasteiger charge is -1.90. The maximum atomic E-state index is 10.3. The number of rotatable bonds is 0. The van der Waals surface area contributed by atoms with E-state index >= 15 is 0 Å². The van der Waals surface area contributed by atoms with Gasteiger partial charge >= 0.3 is 0 Å². The highest BCUT2D eigenvalue weighted by molar-refractivity contribution is 5.85. The molecule has 48 valence electrons. The average molecular weight is 137 g/mol. The number of nitrogens with two attached hydrogens (primary N) is 1. The van der Waals surface area contributed by atoms with Crippen molar-refractivity contribution in [2.45, 2.75) is 12.5 Å². The minimum atomic E-state index is 0. The number of halogens is 1. The first kappa shape index (κ1) is 7.72. The Kier molecular flexibility index (Phi) is 2.79. The van der Waals surface area contributed by atoms with Crippen LogP contribution in [-0.2, 0) is 4.79 Å². The summed E-state index contributed by atoms with van der Waals surface area (Å²) < 4.78 is 0. The van der Waals surface area contributed by atoms with E-state index in [1.807, 2.05) is 0 Å². The van der Waals surface area contributed by atoms with E-state index in [0.29, 0.717) is 13.0 Å². The van der Waals surface area contributed by atoms with E-state index in [4.69, 9.17) is 5.73 Å². The SMILES string of the molecule is Cl.N[C@H]1CNC(=O)C1. The van der Waals surface area contributed by atoms with E-state index in [1.165, 1.54) is 0 Å². The molecule has 1 atom stereocenters. The van der Waals surface area contributed by atoms with Crippen molar-refractivity contribution in [3.8, 4) is 0 Å². The molecule has 0 unspecified atom stereocenters. The summed E-state index contributed by atoms with van der Waals surface area (Å²) in [5.41, 5.74) is 5.34. The molecule has 8 heavy (non-hydrogen) atoms. The van der Waals surface area contributed by atoms with E-state index in [-0.39, 0.29) is 24.4 Å². The summed E-state index contributed by atoms with van der Waals surface area (Å²) in [5, 5.41) is 2.61. The van der Waals surface area contributed by atoms with Crippen molar-refractivity contribution in [2.75, 3.05) is 6.54 Å². The highest BCUT2D eigenvalue weighted by Gasteiger charge is 2.15. The fraction of sp³-hybridized carbons (Fsp3) is 0.750. The second kappa shape index (κ2) is 2.89. The molecule has 4 heteroatoms. The van der Waals surface area contributed by atoms with E-state index in [2.05, 4.69) is 5.32 Å². The Balaban J connectivity index is 0.000000490. The summed E-state index contributed by atoms with van der Waals surface area (Å²) in [6.07, 6.45) is 0.500. The number of hydrogen-bond acceptors (Lipinski definition) is 2. The third kappa shape index (κ3) is 1.68. The van der Waals surface area contributed by atoms with E-state index in [1.54, 1.807) is 0 Å². The van der Waals surface area contributed by atoms with Crippen LogP contribution in [0.1, 0.15) is 6.42 Å². The van der Waals surface area contributed by atoms with Gasteiger partial charge in [0, 0.05) is 19.0 Å². The summed E-state index contributed by atoms with van der Waals surface area (Å²) in [6, 6.07) is 0.0625. The molecule has 0 aromatic heterocycles. The van der Waals surface area contributed by atoms with Crippen molar-refractivity contribution in [1.29, 1.82) is 0 Å². The monoisotopic (exact) mass is 136 g/mol. The highest BCUT2D eigenvalue weighted by atomic mass is 35.5. The van der Waals surface area contributed by atoms with Gasteiger partial charge in [0.1, 0.15) is 0 Å². The molecule has 0 aromatic carbocycles. The molecule has 0 spiro atoms. The Labute approximate surface area is 54.0 Å². The quantitative estimate of drug-likeness (QED) is 0.461. The third-order valence-corrected chi connectivity index (χ3v) is 1.01. The van der Waals surface area contributed by atoms with Gasteiger partial charge in [-0.3, -0.25) is 4.79 Å². The first-order valence-corrected chi connectivity index (χ1v) is 2.31. The van der Waals surface area contributed by atoms with E-state index in [9.17, 15) is 4.79 Å². The molecule has 1 saturated heterocycles. The Morgan fingerprint density at radius 1 is 1.75 bits per heavy atom. The molecule has 3 N–H and O–H groups in total. The van der Waals surface area contributed by atoms with Crippen molar-refractivity contribution in [1.82, 2.24) is 5.32 Å². The number of carbonyl (C=O) groups is 1. The maximum absolute atomic E-state index is 10.3. The van der Waals surface area contributed by atoms with Crippen LogP contribution in [0.3, 0.4) is 0 Å². The normalized spacial score (nSPS) is 26.6. The summed E-state index contributed by atoms with van der Waals surface area (Å²) in [7, 11) is 0. The third-order valence-electron chi connectivity index (χ3n) is 1.01. The molecule has 1 fully saturated rings. The van der Waals surface area contributed by atoms with Crippen LogP contribution in [0, 0.1) is 0 Å². The molecule has 1 aliphatic heterocycles. The molecule has 3 nitrogen and oxygen atoms in total. The average Bonchev–Trinajstić information content (AvgIpc) is 1.87. The molecule has 0 bridgehead atoms. The smallest absolute Gasteiger partial charge is 0.221 e. The molecule has 1 rings (SSSR count). The van der Waals surface area contributed by atoms with Crippen LogP contribution in [-0.4, -0.2) is 18.5 Å². The molecule has 1 heterocycles. The predicted molar refractivity (Wildman–Crippen MR) is 32.9 cm³/mol. The predicted octanol–water partition coefficient (Wildman–Crippen LogP) is -0.745. The van der Waals surface area contributed by atoms with Crippen LogP contribution in [0.25, 0.3) is 0 Å². The van der Waals surface area contributed by atoms with Gasteiger partial charge in [0.25, 0.3) is 0 Å². The van der Waals surface area contributed by atoms with Gasteiger partial charge < -0.3 is 11.1 Å². The second-order valence-corrected chi connectivity index (χ2v) is 1.77. The van der Waals surface area contributed by atoms with Crippen LogP contribution in [0.2, 0.25) is 0 Å². The molecular formula is C4H9ClN2O. The standard InChI is InChI=1S/C4H8N2O.ClH/c5-3-1-4(7)6-2-3;/h3H,1-2,5H2,(H,6,7);1H/t3-;/m1./s1. The topological polar surface area (TPSA) is 55.1 Å². The van der Waals surface area contributed by atoms with Gasteiger partial charge in [-0.25, -0.2) is 0 Å². The molecule has 1 aliphatic rings. The van der Waals surface area contributed by atoms with E-state index in [0.717, 1.165) is 0 Å². The summed E-state index contributed by atoms with van der Waals surface area (Å²) >= 11 is 0. The van der Waals surface area contributed by atoms with Crippen LogP contribution in [0.4, 0.5) is 0 Å². The van der Waals surface area contributed by atoms with Crippen LogP contribution < -0.4 is 11.1 Å². The molecule has 0 saturated carbocycles. The van der Waals surface area contributed by atoms with Gasteiger partial charge in [0.2, 0.25) is 5.91 Å². The van der Waals surface area contributed by atoms with Gasteiger partial charge in [-0.15, -0.1) is 12.4 Å². The van der Waals surface area contributed by atoms with Crippen LogP contribution in [0.5, 0.6) is 0 Å². The Morgan fingerprint density at radius 3 is 2.50 bits per heavy atom. The summed E-state index contributed by atoms with van der Waals surface area (Å²) in [5.74, 6) is 0.0764. The summed E-state index contributed by atoms with van der Waals surface area (Å²) in [6.45, 7) is 0.652. The molecule has 1 amide bonds. The maximum Gasteiger partial charge on any atom is 0.221 e. The second-order valence-electron chi connectivity index (χ2n) is 1.77. The number of carbonyl (C=O) groups excluding carboxylic acids is 1. The van der Waals surface area contributed by atoms with Crippen molar-refractivity contribution in [3.63, 3.8) is 0 Å². The van der Waals surface area contributed by atoms with Gasteiger partial charge in [0.15, 0.2) is 0 Å². The number of hydrogen-bond donors (Lipinski definition) is 2. The molecular weight excluding hydrogens is 128 g/mol. The lowest BCUT2D eigenvalue weighted by Crippen LogP contribution is -2.22. The van der Waals surface area contributed by atoms with Crippen molar-refractivity contribution >= 4 is 18.3 Å². The van der Waals surface area contributed by atoms with Gasteiger partial charge in [-0.1, -0.05) is 0 Å². The van der Waals surface area contributed by atoms with E-state index < -0.39 is 0 Å². The minimum absolute atomic E-state index is 0. The fourth-order valence-corrected chi connectivity index (χ4v) is 0.627. The lowest BCUT2D eigenvalue weighted by molar-refractivity contribution is -0.119. The van der Waals surface area contributed by atoms with Gasteiger partial charge in [0.05, 0.1) is 0 Å². The first-order valence-electron chi connectivity index (χ1n) is 2.31. The zero-order valence-electron chi connectivity index (χ0n) is 4.39. The molecule has 0 aliphatic carbocycles. The van der Waals surface area contributed by atoms with Crippen LogP contribution >= 0.6 is 12.4 Å². The highest BCUT2D eigenvalue weighted by Crippen LogP contribution is 1.92. The largest absolute Gasteiger partial charge is 0.354 e. The fourth-order valence-electron chi connectivity index (χ4n) is 0.627. The molecule has 0 aromatic rings. The Hall–Kier alpha value is -0.280. The zero-order chi connectivity index (χ0) is 5.28. The lowest BCUT2D eigenvalue weighted by atomic mass is 10.3. The van der Waals surface area contributed by atoms with Crippen LogP contribution in [0.15, 0.2) is 0 Å². The van der Waals surface area contributed by atoms with Crippen molar-refractivity contribution in [2.24, 2.45) is 5.73 Å². The Morgan fingerprint density at radius 2 is 2.38 bits per heavy atom.